The molecule has 1 unspecified atom stereocenters. The van der Waals surface area contributed by atoms with Crippen molar-refractivity contribution in [1.29, 1.82) is 5.26 Å². The van der Waals surface area contributed by atoms with Crippen molar-refractivity contribution in [1.82, 2.24) is 0 Å². The molecular weight excluding hydrogens is 165 g/mol. The van der Waals surface area contributed by atoms with Crippen LogP contribution < -0.4 is 0 Å². The number of rotatable bonds is 3. The van der Waals surface area contributed by atoms with E-state index in [1.807, 2.05) is 0 Å². The van der Waals surface area contributed by atoms with E-state index in [2.05, 4.69) is 12.6 Å². The van der Waals surface area contributed by atoms with Crippen LogP contribution in [0.2, 0.25) is 0 Å². The van der Waals surface area contributed by atoms with Crippen LogP contribution in [0.1, 0.15) is 17.9 Å². The highest BCUT2D eigenvalue weighted by molar-refractivity contribution is 5.25. The molecule has 0 N–H and O–H groups in total. The first kappa shape index (κ1) is 9.47. The monoisotopic (exact) mass is 175 g/mol. The van der Waals surface area contributed by atoms with Gasteiger partial charge in [-0.05, 0) is 24.1 Å². The number of allylic oxidation sites excluding steroid dienone is 1. The van der Waals surface area contributed by atoms with E-state index >= 15 is 0 Å². The first-order valence-electron chi connectivity index (χ1n) is 4.04. The van der Waals surface area contributed by atoms with Crippen molar-refractivity contribution < 1.29 is 4.39 Å². The fourth-order valence-electron chi connectivity index (χ4n) is 1.13. The predicted octanol–water partition coefficient (Wildman–Crippen LogP) is 3.01. The molecule has 66 valence electrons. The average Bonchev–Trinajstić information content (AvgIpc) is 2.16. The van der Waals surface area contributed by atoms with Crippen LogP contribution in [0.5, 0.6) is 0 Å². The van der Waals surface area contributed by atoms with Gasteiger partial charge in [0.15, 0.2) is 0 Å². The molecule has 1 atom stereocenters. The van der Waals surface area contributed by atoms with Gasteiger partial charge >= 0.3 is 0 Å². The number of nitrogens with zero attached hydrogens (tertiary/aromatic N) is 1. The quantitative estimate of drug-likeness (QED) is 0.648. The molecule has 0 saturated carbocycles. The van der Waals surface area contributed by atoms with E-state index in [1.54, 1.807) is 18.2 Å². The minimum atomic E-state index is -0.279. The molecular formula is C11H10FN. The van der Waals surface area contributed by atoms with Crippen molar-refractivity contribution in [2.24, 2.45) is 0 Å². The van der Waals surface area contributed by atoms with Crippen molar-refractivity contribution in [3.05, 3.63) is 48.3 Å². The highest BCUT2D eigenvalue weighted by Crippen LogP contribution is 2.19. The van der Waals surface area contributed by atoms with Gasteiger partial charge < -0.3 is 0 Å². The molecule has 0 aliphatic carbocycles. The molecule has 0 heterocycles. The Morgan fingerprint density at radius 2 is 2.08 bits per heavy atom. The first-order valence-corrected chi connectivity index (χ1v) is 4.04. The molecule has 0 amide bonds. The Labute approximate surface area is 77.1 Å². The highest BCUT2D eigenvalue weighted by Gasteiger charge is 2.07. The largest absolute Gasteiger partial charge is 0.207 e. The normalized spacial score (nSPS) is 11.7. The van der Waals surface area contributed by atoms with Gasteiger partial charge in [0.1, 0.15) is 5.82 Å². The van der Waals surface area contributed by atoms with Crippen molar-refractivity contribution in [2.45, 2.75) is 12.3 Å². The molecule has 1 aromatic carbocycles. The summed E-state index contributed by atoms with van der Waals surface area (Å²) in [6.07, 6.45) is 2.29. The fourth-order valence-corrected chi connectivity index (χ4v) is 1.13. The third-order valence-corrected chi connectivity index (χ3v) is 1.83. The molecule has 0 fully saturated rings. The Kier molecular flexibility index (Phi) is 3.22. The molecule has 0 aromatic heterocycles. The molecule has 13 heavy (non-hydrogen) atoms. The van der Waals surface area contributed by atoms with E-state index in [9.17, 15) is 4.39 Å². The molecule has 0 radical (unpaired) electrons. The van der Waals surface area contributed by atoms with Crippen molar-refractivity contribution in [2.75, 3.05) is 0 Å². The van der Waals surface area contributed by atoms with Gasteiger partial charge in [-0.15, -0.1) is 6.58 Å². The van der Waals surface area contributed by atoms with Crippen LogP contribution in [-0.4, -0.2) is 0 Å². The summed E-state index contributed by atoms with van der Waals surface area (Å²) >= 11 is 0. The third kappa shape index (κ3) is 2.41. The van der Waals surface area contributed by atoms with E-state index in [0.717, 1.165) is 5.56 Å². The van der Waals surface area contributed by atoms with Gasteiger partial charge in [-0.2, -0.15) is 5.26 Å². The fraction of sp³-hybridized carbons (Fsp3) is 0.182. The van der Waals surface area contributed by atoms with Gasteiger partial charge in [-0.3, -0.25) is 0 Å². The summed E-state index contributed by atoms with van der Waals surface area (Å²) in [6.45, 7) is 3.57. The summed E-state index contributed by atoms with van der Waals surface area (Å²) < 4.78 is 12.5. The van der Waals surface area contributed by atoms with Crippen LogP contribution in [0, 0.1) is 17.1 Å². The van der Waals surface area contributed by atoms with Crippen LogP contribution in [0.4, 0.5) is 4.39 Å². The van der Waals surface area contributed by atoms with Gasteiger partial charge in [0.2, 0.25) is 0 Å². The molecule has 0 saturated heterocycles. The Balaban J connectivity index is 2.87. The number of benzene rings is 1. The summed E-state index contributed by atoms with van der Waals surface area (Å²) in [4.78, 5) is 0. The van der Waals surface area contributed by atoms with Crippen LogP contribution in [0.25, 0.3) is 0 Å². The van der Waals surface area contributed by atoms with E-state index < -0.39 is 0 Å². The zero-order valence-corrected chi connectivity index (χ0v) is 7.20. The summed E-state index contributed by atoms with van der Waals surface area (Å²) in [7, 11) is 0. The smallest absolute Gasteiger partial charge is 0.123 e. The second-order valence-corrected chi connectivity index (χ2v) is 2.76. The van der Waals surface area contributed by atoms with E-state index in [4.69, 9.17) is 5.26 Å². The maximum Gasteiger partial charge on any atom is 0.123 e. The lowest BCUT2D eigenvalue weighted by atomic mass is 9.97. The van der Waals surface area contributed by atoms with Gasteiger partial charge in [0, 0.05) is 0 Å². The minimum absolute atomic E-state index is 0.210. The zero-order valence-electron chi connectivity index (χ0n) is 7.20. The molecule has 0 aliphatic heterocycles. The van der Waals surface area contributed by atoms with Crippen LogP contribution >= 0.6 is 0 Å². The van der Waals surface area contributed by atoms with Crippen LogP contribution in [0.3, 0.4) is 0 Å². The van der Waals surface area contributed by atoms with E-state index in [1.165, 1.54) is 12.1 Å². The second-order valence-electron chi connectivity index (χ2n) is 2.76. The lowest BCUT2D eigenvalue weighted by Gasteiger charge is -2.05. The number of nitriles is 1. The molecule has 2 heteroatoms. The maximum atomic E-state index is 12.5. The zero-order chi connectivity index (χ0) is 9.68. The van der Waals surface area contributed by atoms with E-state index in [-0.39, 0.29) is 11.7 Å². The van der Waals surface area contributed by atoms with Gasteiger partial charge in [0.25, 0.3) is 0 Å². The predicted molar refractivity (Wildman–Crippen MR) is 49.6 cm³/mol. The molecule has 0 bridgehead atoms. The van der Waals surface area contributed by atoms with Crippen LogP contribution in [-0.2, 0) is 0 Å². The molecule has 1 aromatic rings. The topological polar surface area (TPSA) is 23.8 Å². The Morgan fingerprint density at radius 1 is 1.46 bits per heavy atom. The lowest BCUT2D eigenvalue weighted by molar-refractivity contribution is 0.626. The van der Waals surface area contributed by atoms with Crippen LogP contribution in [0.15, 0.2) is 36.9 Å². The maximum absolute atomic E-state index is 12.5. The molecule has 0 aliphatic rings. The highest BCUT2D eigenvalue weighted by atomic mass is 19.1. The summed E-state index contributed by atoms with van der Waals surface area (Å²) in [5, 5.41) is 8.79. The molecule has 1 nitrogen and oxygen atoms in total. The van der Waals surface area contributed by atoms with E-state index in [0.29, 0.717) is 6.42 Å². The Bertz CT molecular complexity index is 321. The Hall–Kier alpha value is -1.62. The number of hydrogen-bond donors (Lipinski definition) is 0. The molecule has 1 rings (SSSR count). The lowest BCUT2D eigenvalue weighted by Crippen LogP contribution is -1.93. The summed E-state index contributed by atoms with van der Waals surface area (Å²) in [5.74, 6) is -0.489. The minimum Gasteiger partial charge on any atom is -0.207 e. The summed E-state index contributed by atoms with van der Waals surface area (Å²) in [6, 6.07) is 8.14. The van der Waals surface area contributed by atoms with Gasteiger partial charge in [0.05, 0.1) is 12.0 Å². The average molecular weight is 175 g/mol. The van der Waals surface area contributed by atoms with Crippen molar-refractivity contribution >= 4 is 0 Å². The van der Waals surface area contributed by atoms with Gasteiger partial charge in [-0.1, -0.05) is 18.2 Å². The third-order valence-electron chi connectivity index (χ3n) is 1.83. The Morgan fingerprint density at radius 3 is 2.54 bits per heavy atom. The number of hydrogen-bond acceptors (Lipinski definition) is 1. The molecule has 0 spiro atoms. The van der Waals surface area contributed by atoms with Gasteiger partial charge in [-0.25, -0.2) is 4.39 Å². The number of halogens is 1. The van der Waals surface area contributed by atoms with Crippen molar-refractivity contribution in [3.8, 4) is 6.07 Å². The standard InChI is InChI=1S/C11H10FN/c1-2-3-10(8-13)9-4-6-11(12)7-5-9/h2,4-7,10H,1,3H2. The summed E-state index contributed by atoms with van der Waals surface area (Å²) in [5.41, 5.74) is 0.837. The first-order chi connectivity index (χ1) is 6.27. The second kappa shape index (κ2) is 4.42. The van der Waals surface area contributed by atoms with Crippen molar-refractivity contribution in [3.63, 3.8) is 0 Å². The SMILES string of the molecule is C=CCC(C#N)c1ccc(F)cc1.